The van der Waals surface area contributed by atoms with Crippen molar-refractivity contribution in [1.82, 2.24) is 14.8 Å². The van der Waals surface area contributed by atoms with Crippen LogP contribution in [-0.4, -0.2) is 39.0 Å². The van der Waals surface area contributed by atoms with E-state index in [2.05, 4.69) is 15.5 Å². The molecule has 0 aliphatic carbocycles. The number of hydrogen-bond donors (Lipinski definition) is 1. The molecule has 0 fully saturated rings. The summed E-state index contributed by atoms with van der Waals surface area (Å²) in [4.78, 5) is 24.8. The van der Waals surface area contributed by atoms with E-state index < -0.39 is 5.97 Å². The van der Waals surface area contributed by atoms with Gasteiger partial charge in [-0.2, -0.15) is 0 Å². The van der Waals surface area contributed by atoms with Gasteiger partial charge in [0.25, 0.3) is 0 Å². The molecule has 2 heterocycles. The number of hydrogen-bond acceptors (Lipinski definition) is 7. The van der Waals surface area contributed by atoms with Crippen LogP contribution in [-0.2, 0) is 16.6 Å². The number of aromatic nitrogens is 3. The van der Waals surface area contributed by atoms with E-state index in [1.807, 2.05) is 14.0 Å². The lowest BCUT2D eigenvalue weighted by atomic mass is 10.3. The van der Waals surface area contributed by atoms with E-state index in [4.69, 9.17) is 4.74 Å². The molecule has 0 unspecified atom stereocenters. The Morgan fingerprint density at radius 1 is 1.50 bits per heavy atom. The van der Waals surface area contributed by atoms with Gasteiger partial charge in [0.2, 0.25) is 5.91 Å². The van der Waals surface area contributed by atoms with Crippen molar-refractivity contribution in [3.63, 3.8) is 0 Å². The topological polar surface area (TPSA) is 86.1 Å². The number of carbonyl (C=O) groups is 2. The minimum Gasteiger partial charge on any atom is -0.462 e. The van der Waals surface area contributed by atoms with Crippen molar-refractivity contribution >= 4 is 40.0 Å². The van der Waals surface area contributed by atoms with Gasteiger partial charge in [-0.1, -0.05) is 11.8 Å². The molecule has 2 aromatic rings. The molecular weight excluding hydrogens is 324 g/mol. The van der Waals surface area contributed by atoms with Gasteiger partial charge in [0.1, 0.15) is 11.3 Å². The van der Waals surface area contributed by atoms with Gasteiger partial charge in [-0.3, -0.25) is 4.79 Å². The van der Waals surface area contributed by atoms with E-state index in [1.54, 1.807) is 23.9 Å². The van der Waals surface area contributed by atoms with Crippen LogP contribution in [0.25, 0.3) is 0 Å². The molecule has 0 aliphatic heterocycles. The first kappa shape index (κ1) is 16.5. The van der Waals surface area contributed by atoms with Gasteiger partial charge in [0.15, 0.2) is 5.16 Å². The van der Waals surface area contributed by atoms with Gasteiger partial charge in [0, 0.05) is 11.9 Å². The van der Waals surface area contributed by atoms with Crippen LogP contribution in [0.5, 0.6) is 0 Å². The standard InChI is InChI=1S/C13H16N4O3S2/c1-4-20-12(19)9-5-8(2)22-11(9)15-10(18)6-21-13-16-14-7-17(13)3/h5,7H,4,6H2,1-3H3,(H,15,18). The van der Waals surface area contributed by atoms with E-state index in [0.29, 0.717) is 22.3 Å². The molecule has 9 heteroatoms. The molecule has 7 nitrogen and oxygen atoms in total. The Balaban J connectivity index is 1.99. The summed E-state index contributed by atoms with van der Waals surface area (Å²) in [7, 11) is 1.81. The Bertz CT molecular complexity index is 681. The molecule has 1 N–H and O–H groups in total. The lowest BCUT2D eigenvalue weighted by Crippen LogP contribution is -2.16. The number of thioether (sulfide) groups is 1. The van der Waals surface area contributed by atoms with Gasteiger partial charge in [0.05, 0.1) is 17.9 Å². The van der Waals surface area contributed by atoms with E-state index in [0.717, 1.165) is 4.88 Å². The average molecular weight is 340 g/mol. The van der Waals surface area contributed by atoms with Crippen molar-refractivity contribution < 1.29 is 14.3 Å². The average Bonchev–Trinajstić information content (AvgIpc) is 3.03. The highest BCUT2D eigenvalue weighted by Crippen LogP contribution is 2.28. The summed E-state index contributed by atoms with van der Waals surface area (Å²) in [5.74, 6) is -0.449. The molecule has 0 saturated heterocycles. The van der Waals surface area contributed by atoms with Crippen LogP contribution in [0.3, 0.4) is 0 Å². The maximum atomic E-state index is 12.0. The van der Waals surface area contributed by atoms with Crippen molar-refractivity contribution in [2.45, 2.75) is 19.0 Å². The van der Waals surface area contributed by atoms with E-state index in [-0.39, 0.29) is 11.7 Å². The smallest absolute Gasteiger partial charge is 0.341 e. The lowest BCUT2D eigenvalue weighted by molar-refractivity contribution is -0.113. The number of nitrogens with one attached hydrogen (secondary N) is 1. The first-order chi connectivity index (χ1) is 10.5. The van der Waals surface area contributed by atoms with E-state index in [1.165, 1.54) is 23.1 Å². The number of aryl methyl sites for hydroxylation is 2. The molecule has 1 amide bonds. The first-order valence-corrected chi connectivity index (χ1v) is 8.35. The second-order valence-electron chi connectivity index (χ2n) is 4.38. The fourth-order valence-corrected chi connectivity index (χ4v) is 3.27. The normalized spacial score (nSPS) is 10.5. The number of anilines is 1. The Morgan fingerprint density at radius 2 is 2.27 bits per heavy atom. The largest absolute Gasteiger partial charge is 0.462 e. The minimum absolute atomic E-state index is 0.186. The van der Waals surface area contributed by atoms with Gasteiger partial charge >= 0.3 is 5.97 Å². The second kappa shape index (κ2) is 7.41. The molecule has 0 aromatic carbocycles. The SMILES string of the molecule is CCOC(=O)c1cc(C)sc1NC(=O)CSc1nncn1C. The fraction of sp³-hybridized carbons (Fsp3) is 0.385. The number of rotatable bonds is 6. The molecule has 0 radical (unpaired) electrons. The summed E-state index contributed by atoms with van der Waals surface area (Å²) in [5.41, 5.74) is 0.390. The summed E-state index contributed by atoms with van der Waals surface area (Å²) >= 11 is 2.63. The van der Waals surface area contributed by atoms with Gasteiger partial charge in [-0.25, -0.2) is 4.79 Å². The third-order valence-electron chi connectivity index (χ3n) is 2.61. The van der Waals surface area contributed by atoms with Crippen molar-refractivity contribution in [3.05, 3.63) is 22.8 Å². The van der Waals surface area contributed by atoms with Gasteiger partial charge < -0.3 is 14.6 Å². The van der Waals surface area contributed by atoms with Crippen LogP contribution < -0.4 is 5.32 Å². The molecule has 0 atom stereocenters. The van der Waals surface area contributed by atoms with Gasteiger partial charge in [-0.15, -0.1) is 21.5 Å². The number of ether oxygens (including phenoxy) is 1. The minimum atomic E-state index is -0.428. The van der Waals surface area contributed by atoms with Crippen LogP contribution in [0.2, 0.25) is 0 Å². The Kier molecular flexibility index (Phi) is 5.56. The van der Waals surface area contributed by atoms with Crippen LogP contribution in [0, 0.1) is 6.92 Å². The Hall–Kier alpha value is -1.87. The molecule has 0 aliphatic rings. The highest BCUT2D eigenvalue weighted by Gasteiger charge is 2.18. The quantitative estimate of drug-likeness (QED) is 0.640. The number of esters is 1. The molecule has 0 saturated carbocycles. The third kappa shape index (κ3) is 4.08. The second-order valence-corrected chi connectivity index (χ2v) is 6.58. The van der Waals surface area contributed by atoms with Gasteiger partial charge in [-0.05, 0) is 19.9 Å². The van der Waals surface area contributed by atoms with Crippen molar-refractivity contribution in [2.24, 2.45) is 7.05 Å². The number of thiophene rings is 1. The highest BCUT2D eigenvalue weighted by atomic mass is 32.2. The summed E-state index contributed by atoms with van der Waals surface area (Å²) in [6.07, 6.45) is 1.57. The fourth-order valence-electron chi connectivity index (χ4n) is 1.66. The van der Waals surface area contributed by atoms with Crippen molar-refractivity contribution in [3.8, 4) is 0 Å². The molecular formula is C13H16N4O3S2. The number of nitrogens with zero attached hydrogens (tertiary/aromatic N) is 3. The summed E-state index contributed by atoms with van der Waals surface area (Å²) in [6.45, 7) is 3.91. The number of amides is 1. The van der Waals surface area contributed by atoms with E-state index in [9.17, 15) is 9.59 Å². The summed E-state index contributed by atoms with van der Waals surface area (Å²) < 4.78 is 6.72. The predicted molar refractivity (Wildman–Crippen MR) is 85.4 cm³/mol. The monoisotopic (exact) mass is 340 g/mol. The van der Waals surface area contributed by atoms with E-state index >= 15 is 0 Å². The van der Waals surface area contributed by atoms with Crippen LogP contribution in [0.4, 0.5) is 5.00 Å². The molecule has 2 rings (SSSR count). The van der Waals surface area contributed by atoms with Crippen molar-refractivity contribution in [2.75, 3.05) is 17.7 Å². The zero-order chi connectivity index (χ0) is 16.1. The van der Waals surface area contributed by atoms with Crippen LogP contribution in [0.1, 0.15) is 22.2 Å². The first-order valence-electron chi connectivity index (χ1n) is 6.55. The summed E-state index contributed by atoms with van der Waals surface area (Å²) in [6, 6.07) is 1.72. The zero-order valence-corrected chi connectivity index (χ0v) is 14.1. The van der Waals surface area contributed by atoms with Crippen molar-refractivity contribution in [1.29, 1.82) is 0 Å². The lowest BCUT2D eigenvalue weighted by Gasteiger charge is -2.05. The highest BCUT2D eigenvalue weighted by molar-refractivity contribution is 7.99. The molecule has 0 bridgehead atoms. The Labute approximate surface area is 136 Å². The molecule has 22 heavy (non-hydrogen) atoms. The predicted octanol–water partition coefficient (Wildman–Crippen LogP) is 2.09. The molecule has 118 valence electrons. The van der Waals surface area contributed by atoms with Crippen LogP contribution in [0.15, 0.2) is 17.6 Å². The summed E-state index contributed by atoms with van der Waals surface area (Å²) in [5, 5.41) is 11.6. The maximum Gasteiger partial charge on any atom is 0.341 e. The Morgan fingerprint density at radius 3 is 2.91 bits per heavy atom. The zero-order valence-electron chi connectivity index (χ0n) is 12.5. The van der Waals surface area contributed by atoms with Crippen LogP contribution >= 0.6 is 23.1 Å². The molecule has 2 aromatic heterocycles. The third-order valence-corrected chi connectivity index (χ3v) is 4.61. The number of carbonyl (C=O) groups excluding carboxylic acids is 2. The molecule has 0 spiro atoms. The maximum absolute atomic E-state index is 12.0.